The third kappa shape index (κ3) is 6.09. The van der Waals surface area contributed by atoms with Gasteiger partial charge in [0.15, 0.2) is 10.3 Å². The molecule has 19 heavy (non-hydrogen) atoms. The molecule has 0 spiro atoms. The molecule has 10 nitrogen and oxygen atoms in total. The number of hydrogen-bond acceptors (Lipinski definition) is 9. The highest BCUT2D eigenvalue weighted by atomic mass is 32.3. The zero-order valence-corrected chi connectivity index (χ0v) is 11.1. The standard InChI is InChI=1S/C7H15NO9S2/c9-5-1-4(3-17-19(14,15)16)2-6(10)7(5)8-18(11,12)13/h4-10H,1-3H2,(H,11,12,13)(H,14,15,16)/p-2/t4?,5-,6-,7?/m1/s1. The molecular weight excluding hydrogens is 306 g/mol. The number of rotatable bonds is 5. The van der Waals surface area contributed by atoms with E-state index in [2.05, 4.69) is 4.18 Å². The number of hydrogen-bond donors (Lipinski definition) is 3. The van der Waals surface area contributed by atoms with Gasteiger partial charge in [-0.25, -0.2) is 21.6 Å². The predicted octanol–water partition coefficient (Wildman–Crippen LogP) is -2.99. The average Bonchev–Trinajstić information content (AvgIpc) is 2.18. The molecule has 114 valence electrons. The van der Waals surface area contributed by atoms with Gasteiger partial charge in [0.2, 0.25) is 10.4 Å². The summed E-state index contributed by atoms with van der Waals surface area (Å²) in [7, 11) is -9.72. The fourth-order valence-corrected chi connectivity index (χ4v) is 2.97. The molecule has 0 aromatic heterocycles. The second-order valence-electron chi connectivity index (χ2n) is 4.26. The number of aliphatic hydroxyl groups is 2. The van der Waals surface area contributed by atoms with Gasteiger partial charge >= 0.3 is 0 Å². The first kappa shape index (κ1) is 16.7. The summed E-state index contributed by atoms with van der Waals surface area (Å²) in [5.74, 6) is -0.652. The fraction of sp³-hybridized carbons (Fsp3) is 1.00. The molecule has 0 aliphatic heterocycles. The maximum absolute atomic E-state index is 10.5. The molecule has 1 aliphatic rings. The predicted molar refractivity (Wildman–Crippen MR) is 57.0 cm³/mol. The van der Waals surface area contributed by atoms with Crippen molar-refractivity contribution >= 4 is 20.7 Å². The van der Waals surface area contributed by atoms with E-state index in [1.54, 1.807) is 4.72 Å². The Labute approximate surface area is 110 Å². The molecule has 0 aromatic carbocycles. The van der Waals surface area contributed by atoms with Crippen LogP contribution in [0.3, 0.4) is 0 Å². The number of aliphatic hydroxyl groups excluding tert-OH is 2. The van der Waals surface area contributed by atoms with Crippen LogP contribution in [0.4, 0.5) is 0 Å². The van der Waals surface area contributed by atoms with E-state index in [1.807, 2.05) is 0 Å². The van der Waals surface area contributed by atoms with E-state index in [0.717, 1.165) is 0 Å². The van der Waals surface area contributed by atoms with Gasteiger partial charge in [-0.3, -0.25) is 4.18 Å². The van der Waals surface area contributed by atoms with Crippen molar-refractivity contribution in [2.45, 2.75) is 31.1 Å². The van der Waals surface area contributed by atoms with Crippen molar-refractivity contribution in [3.8, 4) is 0 Å². The lowest BCUT2D eigenvalue weighted by atomic mass is 9.83. The van der Waals surface area contributed by atoms with E-state index < -0.39 is 51.5 Å². The smallest absolute Gasteiger partial charge is 0.217 e. The van der Waals surface area contributed by atoms with E-state index in [-0.39, 0.29) is 12.8 Å². The van der Waals surface area contributed by atoms with Gasteiger partial charge in [-0.15, -0.1) is 0 Å². The van der Waals surface area contributed by atoms with E-state index in [4.69, 9.17) is 0 Å². The molecule has 3 N–H and O–H groups in total. The Morgan fingerprint density at radius 3 is 1.95 bits per heavy atom. The van der Waals surface area contributed by atoms with E-state index in [1.165, 1.54) is 0 Å². The molecule has 0 bridgehead atoms. The molecule has 0 radical (unpaired) electrons. The molecular formula is C7H13NO9S2-2. The summed E-state index contributed by atoms with van der Waals surface area (Å²) in [6.07, 6.45) is -3.04. The van der Waals surface area contributed by atoms with Gasteiger partial charge in [-0.05, 0) is 18.8 Å². The van der Waals surface area contributed by atoms with Crippen molar-refractivity contribution in [3.63, 3.8) is 0 Å². The van der Waals surface area contributed by atoms with Crippen LogP contribution in [0.1, 0.15) is 12.8 Å². The van der Waals surface area contributed by atoms with E-state index >= 15 is 0 Å². The summed E-state index contributed by atoms with van der Waals surface area (Å²) in [4.78, 5) is 0. The van der Waals surface area contributed by atoms with Gasteiger partial charge in [0, 0.05) is 0 Å². The van der Waals surface area contributed by atoms with Crippen LogP contribution in [-0.4, -0.2) is 61.0 Å². The second-order valence-corrected chi connectivity index (χ2v) is 6.46. The highest BCUT2D eigenvalue weighted by Gasteiger charge is 2.37. The van der Waals surface area contributed by atoms with Gasteiger partial charge in [0.1, 0.15) is 0 Å². The van der Waals surface area contributed by atoms with Crippen molar-refractivity contribution in [1.29, 1.82) is 0 Å². The second kappa shape index (κ2) is 5.97. The lowest BCUT2D eigenvalue weighted by Gasteiger charge is -2.37. The van der Waals surface area contributed by atoms with Crippen LogP contribution in [-0.2, 0) is 24.9 Å². The average molecular weight is 319 g/mol. The Kier molecular flexibility index (Phi) is 5.25. The third-order valence-corrected chi connectivity index (χ3v) is 3.69. The first-order chi connectivity index (χ1) is 8.48. The van der Waals surface area contributed by atoms with Crippen LogP contribution in [0.25, 0.3) is 0 Å². The van der Waals surface area contributed by atoms with Crippen molar-refractivity contribution < 1.29 is 40.3 Å². The van der Waals surface area contributed by atoms with Crippen LogP contribution in [0.5, 0.6) is 0 Å². The Hall–Kier alpha value is -0.340. The largest absolute Gasteiger partial charge is 0.735 e. The summed E-state index contributed by atoms with van der Waals surface area (Å²) >= 11 is 0. The summed E-state index contributed by atoms with van der Waals surface area (Å²) in [6.45, 7) is -0.531. The zero-order chi connectivity index (χ0) is 14.8. The maximum atomic E-state index is 10.5. The Morgan fingerprint density at radius 1 is 1.11 bits per heavy atom. The minimum atomic E-state index is -4.88. The van der Waals surface area contributed by atoms with Gasteiger partial charge < -0.3 is 19.3 Å². The zero-order valence-electron chi connectivity index (χ0n) is 9.50. The van der Waals surface area contributed by atoms with Crippen LogP contribution in [0.2, 0.25) is 0 Å². The topological polar surface area (TPSA) is 176 Å². The van der Waals surface area contributed by atoms with Gasteiger partial charge in [-0.2, -0.15) is 0 Å². The molecule has 1 saturated carbocycles. The number of nitrogens with one attached hydrogen (secondary N) is 1. The fourth-order valence-electron chi connectivity index (χ4n) is 1.97. The first-order valence-electron chi connectivity index (χ1n) is 5.17. The molecule has 1 aliphatic carbocycles. The van der Waals surface area contributed by atoms with Crippen LogP contribution >= 0.6 is 0 Å². The van der Waals surface area contributed by atoms with Crippen molar-refractivity contribution in [2.75, 3.05) is 6.61 Å². The molecule has 0 unspecified atom stereocenters. The van der Waals surface area contributed by atoms with E-state index in [0.29, 0.717) is 0 Å². The highest BCUT2D eigenvalue weighted by Crippen LogP contribution is 2.26. The molecule has 12 heteroatoms. The summed E-state index contributed by atoms with van der Waals surface area (Å²) in [5.41, 5.74) is 0. The van der Waals surface area contributed by atoms with Crippen LogP contribution in [0.15, 0.2) is 0 Å². The summed E-state index contributed by atoms with van der Waals surface area (Å²) in [5, 5.41) is 19.2. The monoisotopic (exact) mass is 319 g/mol. The minimum absolute atomic E-state index is 0.125. The van der Waals surface area contributed by atoms with Gasteiger partial charge in [0.25, 0.3) is 0 Å². The Bertz CT molecular complexity index is 489. The SMILES string of the molecule is O=S(=O)([O-])NC1[C@H](O)CC(COS(=O)(=O)[O-])C[C@H]1O. The first-order valence-corrected chi connectivity index (χ1v) is 7.91. The highest BCUT2D eigenvalue weighted by molar-refractivity contribution is 7.83. The molecule has 0 aromatic rings. The van der Waals surface area contributed by atoms with Gasteiger partial charge in [0.05, 0.1) is 24.9 Å². The minimum Gasteiger partial charge on any atom is -0.735 e. The molecule has 1 fully saturated rings. The van der Waals surface area contributed by atoms with Crippen LogP contribution < -0.4 is 4.72 Å². The van der Waals surface area contributed by atoms with Crippen LogP contribution in [0, 0.1) is 5.92 Å². The molecule has 0 amide bonds. The molecule has 0 saturated heterocycles. The maximum Gasteiger partial charge on any atom is 0.217 e. The molecule has 2 atom stereocenters. The summed E-state index contributed by atoms with van der Waals surface area (Å²) < 4.78 is 67.8. The molecule has 0 heterocycles. The Morgan fingerprint density at radius 2 is 1.58 bits per heavy atom. The van der Waals surface area contributed by atoms with Crippen molar-refractivity contribution in [2.24, 2.45) is 5.92 Å². The summed E-state index contributed by atoms with van der Waals surface area (Å²) in [6, 6.07) is -1.37. The third-order valence-electron chi connectivity index (χ3n) is 2.71. The normalized spacial score (nSPS) is 33.3. The van der Waals surface area contributed by atoms with Crippen molar-refractivity contribution in [1.82, 2.24) is 4.72 Å². The van der Waals surface area contributed by atoms with Crippen molar-refractivity contribution in [3.05, 3.63) is 0 Å². The Balaban J connectivity index is 2.61. The lowest BCUT2D eigenvalue weighted by Crippen LogP contribution is -2.55. The molecule has 1 rings (SSSR count). The van der Waals surface area contributed by atoms with Gasteiger partial charge in [-0.1, -0.05) is 0 Å². The quantitative estimate of drug-likeness (QED) is 0.352. The van der Waals surface area contributed by atoms with E-state index in [9.17, 15) is 36.2 Å². The lowest BCUT2D eigenvalue weighted by molar-refractivity contribution is -0.0233.